The van der Waals surface area contributed by atoms with Crippen LogP contribution in [0.15, 0.2) is 23.8 Å². The number of Topliss-reactive ketones (excluding diaryl/α,β-unsaturated/α-hetero) is 1. The summed E-state index contributed by atoms with van der Waals surface area (Å²) in [5.74, 6) is -2.14. The molecule has 0 radical (unpaired) electrons. The summed E-state index contributed by atoms with van der Waals surface area (Å²) in [5.41, 5.74) is -4.71. The van der Waals surface area contributed by atoms with E-state index in [1.807, 2.05) is 13.8 Å². The van der Waals surface area contributed by atoms with Crippen LogP contribution in [0.25, 0.3) is 0 Å². The molecule has 0 aliphatic heterocycles. The molecule has 0 aromatic carbocycles. The summed E-state index contributed by atoms with van der Waals surface area (Å²) in [6.45, 7) is 7.20. The van der Waals surface area contributed by atoms with Crippen molar-refractivity contribution in [3.8, 4) is 0 Å². The third kappa shape index (κ3) is 2.70. The Hall–Kier alpha value is -1.47. The van der Waals surface area contributed by atoms with Gasteiger partial charge in [0.15, 0.2) is 22.8 Å². The highest BCUT2D eigenvalue weighted by Gasteiger charge is 2.77. The van der Waals surface area contributed by atoms with Crippen molar-refractivity contribution < 1.29 is 28.6 Å². The molecule has 0 heterocycles. The van der Waals surface area contributed by atoms with Crippen molar-refractivity contribution in [2.45, 2.75) is 77.2 Å². The number of allylic oxidation sites excluding steroid dienone is 4. The molecule has 0 saturated heterocycles. The number of fused-ring (bicyclic) bond motifs is 5. The summed E-state index contributed by atoms with van der Waals surface area (Å²) < 4.78 is 23.1. The predicted octanol–water partition coefficient (Wildman–Crippen LogP) is 3.79. The van der Waals surface area contributed by atoms with Crippen molar-refractivity contribution in [1.82, 2.24) is 0 Å². The minimum atomic E-state index is -1.98. The van der Waals surface area contributed by atoms with Gasteiger partial charge < -0.3 is 9.84 Å². The van der Waals surface area contributed by atoms with E-state index in [4.69, 9.17) is 4.74 Å². The van der Waals surface area contributed by atoms with E-state index < -0.39 is 40.1 Å². The molecule has 0 amide bonds. The minimum absolute atomic E-state index is 0.00379. The Balaban J connectivity index is 1.85. The lowest BCUT2D eigenvalue weighted by Crippen LogP contribution is -2.70. The molecule has 3 fully saturated rings. The van der Waals surface area contributed by atoms with Gasteiger partial charge in [-0.05, 0) is 50.7 Å². The first kappa shape index (κ1) is 23.7. The summed E-state index contributed by atoms with van der Waals surface area (Å²) in [4.78, 5) is 37.8. The van der Waals surface area contributed by atoms with E-state index in [9.17, 15) is 19.5 Å². The molecule has 0 bridgehead atoms. The number of carbonyl (C=O) groups is 3. The van der Waals surface area contributed by atoms with E-state index >= 15 is 4.39 Å². The van der Waals surface area contributed by atoms with Crippen LogP contribution in [-0.2, 0) is 19.1 Å². The first-order chi connectivity index (χ1) is 14.9. The molecule has 8 atom stereocenters. The number of hydrogen-bond donors (Lipinski definition) is 2. The zero-order valence-corrected chi connectivity index (χ0v) is 20.1. The average molecular weight is 465 g/mol. The lowest BCUT2D eigenvalue weighted by atomic mass is 9.44. The van der Waals surface area contributed by atoms with Gasteiger partial charge in [-0.2, -0.15) is 12.6 Å². The third-order valence-corrected chi connectivity index (χ3v) is 9.59. The maximum Gasteiger partial charge on any atom is 0.306 e. The highest BCUT2D eigenvalue weighted by atomic mass is 32.1. The van der Waals surface area contributed by atoms with Crippen molar-refractivity contribution in [3.63, 3.8) is 0 Å². The Morgan fingerprint density at radius 3 is 2.62 bits per heavy atom. The Labute approximate surface area is 194 Å². The number of esters is 1. The van der Waals surface area contributed by atoms with Crippen molar-refractivity contribution in [2.24, 2.45) is 28.6 Å². The Bertz CT molecular complexity index is 929. The normalized spacial score (nSPS) is 47.2. The molecule has 176 valence electrons. The summed E-state index contributed by atoms with van der Waals surface area (Å²) >= 11 is 4.22. The Morgan fingerprint density at radius 1 is 1.31 bits per heavy atom. The van der Waals surface area contributed by atoms with Gasteiger partial charge >= 0.3 is 5.97 Å². The molecule has 5 nitrogen and oxygen atoms in total. The Kier molecular flexibility index (Phi) is 5.57. The van der Waals surface area contributed by atoms with Gasteiger partial charge in [0.1, 0.15) is 0 Å². The molecule has 4 aliphatic rings. The number of halogens is 1. The van der Waals surface area contributed by atoms with Gasteiger partial charge in [0.25, 0.3) is 0 Å². The standard InChI is InChI=1S/C25H33FO5S/c1-5-21(30)31-25(20(29)13-32)14(2)10-18-17-7-6-15-11-16(27)8-9-22(15,3)24(17,26)19(28)12-23(18,25)4/h8-9,11,14,17-19,28,32H,5-7,10,12-13H2,1-4H3/t14?,17-,18-,19?,22-,23-,24-,25-/m0/s1. The summed E-state index contributed by atoms with van der Waals surface area (Å²) in [7, 11) is 0. The maximum atomic E-state index is 17.2. The highest BCUT2D eigenvalue weighted by Crippen LogP contribution is 2.71. The van der Waals surface area contributed by atoms with Crippen molar-refractivity contribution in [3.05, 3.63) is 23.8 Å². The molecular weight excluding hydrogens is 431 g/mol. The minimum Gasteiger partial charge on any atom is -0.450 e. The number of hydrogen-bond acceptors (Lipinski definition) is 6. The monoisotopic (exact) mass is 464 g/mol. The third-order valence-electron chi connectivity index (χ3n) is 9.30. The Morgan fingerprint density at radius 2 is 2.00 bits per heavy atom. The van der Waals surface area contributed by atoms with Crippen LogP contribution in [-0.4, -0.2) is 45.8 Å². The van der Waals surface area contributed by atoms with Gasteiger partial charge in [-0.15, -0.1) is 0 Å². The largest absolute Gasteiger partial charge is 0.450 e. The molecule has 0 aromatic rings. The number of carbonyl (C=O) groups excluding carboxylic acids is 3. The van der Waals surface area contributed by atoms with Gasteiger partial charge in [0.05, 0.1) is 11.9 Å². The maximum absolute atomic E-state index is 17.2. The van der Waals surface area contributed by atoms with Crippen LogP contribution < -0.4 is 0 Å². The van der Waals surface area contributed by atoms with Crippen molar-refractivity contribution >= 4 is 30.2 Å². The molecular formula is C25H33FO5S. The van der Waals surface area contributed by atoms with Gasteiger partial charge in [-0.25, -0.2) is 4.39 Å². The van der Waals surface area contributed by atoms with Crippen molar-refractivity contribution in [2.75, 3.05) is 5.75 Å². The van der Waals surface area contributed by atoms with Gasteiger partial charge in [0.2, 0.25) is 0 Å². The van der Waals surface area contributed by atoms with Gasteiger partial charge in [-0.3, -0.25) is 14.4 Å². The fourth-order valence-electron chi connectivity index (χ4n) is 7.77. The van der Waals surface area contributed by atoms with Gasteiger partial charge in [-0.1, -0.05) is 32.4 Å². The zero-order valence-electron chi connectivity index (χ0n) is 19.2. The second kappa shape index (κ2) is 7.52. The molecule has 0 aromatic heterocycles. The number of aliphatic hydroxyl groups is 1. The van der Waals surface area contributed by atoms with Crippen LogP contribution in [0, 0.1) is 28.6 Å². The summed E-state index contributed by atoms with van der Waals surface area (Å²) in [5, 5.41) is 11.4. The molecule has 3 saturated carbocycles. The zero-order chi connectivity index (χ0) is 23.7. The number of ketones is 2. The van der Waals surface area contributed by atoms with Crippen LogP contribution in [0.3, 0.4) is 0 Å². The number of rotatable bonds is 4. The van der Waals surface area contributed by atoms with Crippen LogP contribution in [0.5, 0.6) is 0 Å². The highest BCUT2D eigenvalue weighted by molar-refractivity contribution is 7.81. The second-order valence-electron chi connectivity index (χ2n) is 10.5. The van der Waals surface area contributed by atoms with Crippen LogP contribution in [0.1, 0.15) is 59.8 Å². The van der Waals surface area contributed by atoms with E-state index in [1.54, 1.807) is 19.9 Å². The molecule has 0 spiro atoms. The first-order valence-corrected chi connectivity index (χ1v) is 12.2. The van der Waals surface area contributed by atoms with Crippen LogP contribution in [0.4, 0.5) is 4.39 Å². The topological polar surface area (TPSA) is 80.7 Å². The van der Waals surface area contributed by atoms with Crippen LogP contribution in [0.2, 0.25) is 0 Å². The van der Waals surface area contributed by atoms with E-state index in [0.717, 1.165) is 0 Å². The van der Waals surface area contributed by atoms with Gasteiger partial charge in [0, 0.05) is 29.1 Å². The average Bonchev–Trinajstić information content (AvgIpc) is 2.96. The van der Waals surface area contributed by atoms with E-state index in [1.165, 1.54) is 12.2 Å². The quantitative estimate of drug-likeness (QED) is 0.489. The number of thiol groups is 1. The van der Waals surface area contributed by atoms with E-state index in [-0.39, 0.29) is 42.0 Å². The summed E-state index contributed by atoms with van der Waals surface area (Å²) in [6.07, 6.45) is 4.80. The molecule has 1 N–H and O–H groups in total. The molecule has 4 aliphatic carbocycles. The smallest absolute Gasteiger partial charge is 0.306 e. The number of ether oxygens (including phenoxy) is 1. The van der Waals surface area contributed by atoms with Crippen LogP contribution >= 0.6 is 12.6 Å². The van der Waals surface area contributed by atoms with E-state index in [0.29, 0.717) is 24.8 Å². The molecule has 7 heteroatoms. The second-order valence-corrected chi connectivity index (χ2v) is 10.9. The lowest BCUT2D eigenvalue weighted by molar-refractivity contribution is -0.226. The fraction of sp³-hybridized carbons (Fsp3) is 0.720. The first-order valence-electron chi connectivity index (χ1n) is 11.6. The number of aliphatic hydroxyl groups excluding tert-OH is 1. The predicted molar refractivity (Wildman–Crippen MR) is 121 cm³/mol. The lowest BCUT2D eigenvalue weighted by Gasteiger charge is -2.62. The van der Waals surface area contributed by atoms with Crippen molar-refractivity contribution in [1.29, 1.82) is 0 Å². The SMILES string of the molecule is CCC(=O)O[C@]1(C(=O)CS)C(C)C[C@H]2[C@@H]3CCC4=CC(=O)C=C[C@]4(C)[C@@]3(F)C(O)C[C@@]21C. The van der Waals surface area contributed by atoms with E-state index in [2.05, 4.69) is 12.6 Å². The number of alkyl halides is 1. The summed E-state index contributed by atoms with van der Waals surface area (Å²) in [6, 6.07) is 0. The molecule has 32 heavy (non-hydrogen) atoms. The fourth-order valence-corrected chi connectivity index (χ4v) is 8.00. The molecule has 4 rings (SSSR count). The molecule has 2 unspecified atom stereocenters.